The molecule has 0 bridgehead atoms. The molecule has 1 aliphatic heterocycles. The van der Waals surface area contributed by atoms with Gasteiger partial charge in [-0.05, 0) is 96.4 Å². The minimum atomic E-state index is -0.724. The van der Waals surface area contributed by atoms with Crippen LogP contribution in [-0.4, -0.2) is 17.2 Å². The molecule has 1 N–H and O–H groups in total. The summed E-state index contributed by atoms with van der Waals surface area (Å²) in [6.07, 6.45) is 7.08. The molecule has 0 saturated heterocycles. The number of benzene rings is 3. The first kappa shape index (κ1) is 21.3. The van der Waals surface area contributed by atoms with Crippen LogP contribution < -0.4 is 9.47 Å². The normalized spacial score (nSPS) is 20.2. The van der Waals surface area contributed by atoms with Gasteiger partial charge in [0.2, 0.25) is 0 Å². The van der Waals surface area contributed by atoms with E-state index < -0.39 is 5.97 Å². The Kier molecular flexibility index (Phi) is 5.52. The Hall–Kier alpha value is -3.27. The number of rotatable bonds is 8. The Morgan fingerprint density at radius 2 is 1.76 bits per heavy atom. The molecule has 1 unspecified atom stereocenters. The molecule has 3 aliphatic rings. The fraction of sp³-hybridized carbons (Fsp3) is 0.367. The molecule has 0 radical (unpaired) electrons. The summed E-state index contributed by atoms with van der Waals surface area (Å²) in [4.78, 5) is 11.4. The van der Waals surface area contributed by atoms with Gasteiger partial charge < -0.3 is 14.6 Å². The monoisotopic (exact) mass is 454 g/mol. The van der Waals surface area contributed by atoms with Gasteiger partial charge in [0.15, 0.2) is 0 Å². The second-order valence-corrected chi connectivity index (χ2v) is 10.0. The average molecular weight is 455 g/mol. The summed E-state index contributed by atoms with van der Waals surface area (Å²) < 4.78 is 12.4. The average Bonchev–Trinajstić information content (AvgIpc) is 3.78. The molecule has 4 nitrogen and oxygen atoms in total. The molecule has 4 heteroatoms. The highest BCUT2D eigenvalue weighted by molar-refractivity contribution is 5.68. The molecular weight excluding hydrogens is 424 g/mol. The van der Waals surface area contributed by atoms with E-state index >= 15 is 0 Å². The molecule has 3 aromatic carbocycles. The van der Waals surface area contributed by atoms with Crippen LogP contribution >= 0.6 is 0 Å². The maximum atomic E-state index is 11.4. The van der Waals surface area contributed by atoms with Crippen LogP contribution in [0.2, 0.25) is 0 Å². The maximum absolute atomic E-state index is 11.4. The van der Waals surface area contributed by atoms with Crippen LogP contribution in [0.15, 0.2) is 66.7 Å². The second kappa shape index (κ2) is 8.83. The molecule has 174 valence electrons. The maximum Gasteiger partial charge on any atom is 0.303 e. The van der Waals surface area contributed by atoms with Crippen molar-refractivity contribution >= 4 is 5.97 Å². The van der Waals surface area contributed by atoms with Crippen molar-refractivity contribution in [1.82, 2.24) is 0 Å². The molecule has 0 spiro atoms. The third-order valence-electron chi connectivity index (χ3n) is 7.33. The van der Waals surface area contributed by atoms with E-state index in [1.54, 1.807) is 0 Å². The van der Waals surface area contributed by atoms with Gasteiger partial charge >= 0.3 is 5.97 Å². The van der Waals surface area contributed by atoms with Crippen molar-refractivity contribution in [3.05, 3.63) is 83.4 Å². The molecular formula is C30H30O4. The van der Waals surface area contributed by atoms with Gasteiger partial charge in [0.05, 0.1) is 12.5 Å². The highest BCUT2D eigenvalue weighted by atomic mass is 16.5. The lowest BCUT2D eigenvalue weighted by Crippen LogP contribution is -2.16. The van der Waals surface area contributed by atoms with Crippen LogP contribution in [0.3, 0.4) is 0 Å². The summed E-state index contributed by atoms with van der Waals surface area (Å²) in [6.45, 7) is 0. The summed E-state index contributed by atoms with van der Waals surface area (Å²) in [5.74, 6) is 1.72. The van der Waals surface area contributed by atoms with Gasteiger partial charge in [0.1, 0.15) is 17.6 Å². The van der Waals surface area contributed by atoms with Gasteiger partial charge in [0, 0.05) is 0 Å². The molecule has 0 amide bonds. The number of carboxylic acids is 1. The molecule has 6 rings (SSSR count). The Morgan fingerprint density at radius 1 is 0.941 bits per heavy atom. The zero-order valence-electron chi connectivity index (χ0n) is 19.3. The van der Waals surface area contributed by atoms with Gasteiger partial charge in [-0.2, -0.15) is 0 Å². The molecule has 2 saturated carbocycles. The van der Waals surface area contributed by atoms with E-state index in [9.17, 15) is 9.90 Å². The van der Waals surface area contributed by atoms with Crippen LogP contribution in [-0.2, 0) is 11.2 Å². The summed E-state index contributed by atoms with van der Waals surface area (Å²) in [5.41, 5.74) is 5.83. The quantitative estimate of drug-likeness (QED) is 0.401. The molecule has 0 aromatic heterocycles. The van der Waals surface area contributed by atoms with Gasteiger partial charge in [-0.25, -0.2) is 0 Å². The van der Waals surface area contributed by atoms with Crippen molar-refractivity contribution in [2.45, 2.75) is 63.1 Å². The van der Waals surface area contributed by atoms with E-state index in [1.807, 2.05) is 6.07 Å². The summed E-state index contributed by atoms with van der Waals surface area (Å²) in [5, 5.41) is 9.37. The minimum Gasteiger partial charge on any atom is -0.490 e. The largest absolute Gasteiger partial charge is 0.490 e. The molecule has 2 fully saturated rings. The minimum absolute atomic E-state index is 0.0141. The highest BCUT2D eigenvalue weighted by Crippen LogP contribution is 2.46. The van der Waals surface area contributed by atoms with Crippen molar-refractivity contribution in [2.75, 3.05) is 0 Å². The first-order chi connectivity index (χ1) is 16.6. The predicted octanol–water partition coefficient (Wildman–Crippen LogP) is 6.93. The van der Waals surface area contributed by atoms with Gasteiger partial charge in [-0.3, -0.25) is 4.79 Å². The first-order valence-electron chi connectivity index (χ1n) is 12.5. The first-order valence-corrected chi connectivity index (χ1v) is 12.5. The van der Waals surface area contributed by atoms with Crippen molar-refractivity contribution < 1.29 is 19.4 Å². The lowest BCUT2D eigenvalue weighted by molar-refractivity contribution is -0.137. The molecule has 34 heavy (non-hydrogen) atoms. The number of ether oxygens (including phenoxy) is 2. The molecule has 2 aliphatic carbocycles. The highest BCUT2D eigenvalue weighted by Gasteiger charge is 2.34. The predicted molar refractivity (Wildman–Crippen MR) is 131 cm³/mol. The van der Waals surface area contributed by atoms with E-state index in [-0.39, 0.29) is 18.4 Å². The van der Waals surface area contributed by atoms with Crippen LogP contribution in [0.5, 0.6) is 11.5 Å². The van der Waals surface area contributed by atoms with E-state index in [0.717, 1.165) is 61.2 Å². The van der Waals surface area contributed by atoms with Crippen LogP contribution in [0.25, 0.3) is 11.1 Å². The van der Waals surface area contributed by atoms with Gasteiger partial charge in [-0.1, -0.05) is 48.5 Å². The third kappa shape index (κ3) is 4.68. The number of aliphatic carboxylic acids is 1. The Labute approximate surface area is 200 Å². The number of aryl methyl sites for hydroxylation is 1. The molecule has 1 heterocycles. The zero-order valence-corrected chi connectivity index (χ0v) is 19.3. The lowest BCUT2D eigenvalue weighted by atomic mass is 9.88. The SMILES string of the molecule is O=C(O)C[C@H](c1ccc2c(c1)OC(c1ccc(-c3cccc(OC4CC4)c3)cc1)CC2)C1CC1. The van der Waals surface area contributed by atoms with Crippen molar-refractivity contribution in [2.24, 2.45) is 5.92 Å². The zero-order chi connectivity index (χ0) is 23.1. The third-order valence-corrected chi connectivity index (χ3v) is 7.33. The van der Waals surface area contributed by atoms with E-state index in [0.29, 0.717) is 12.0 Å². The molecule has 3 aromatic rings. The fourth-order valence-corrected chi connectivity index (χ4v) is 5.11. The smallest absolute Gasteiger partial charge is 0.303 e. The van der Waals surface area contributed by atoms with Gasteiger partial charge in [-0.15, -0.1) is 0 Å². The number of carboxylic acid groups (broad SMARTS) is 1. The standard InChI is InChI=1S/C30H30O4/c31-30(32)18-27(20-6-7-20)24-11-10-22-12-15-28(34-29(22)17-24)21-8-4-19(5-9-21)23-2-1-3-26(16-23)33-25-13-14-25/h1-5,8-11,16-17,20,25,27-28H,6-7,12-15,18H2,(H,31,32)/t27-,28?/m0/s1. The number of hydrogen-bond donors (Lipinski definition) is 1. The topological polar surface area (TPSA) is 55.8 Å². The molecule has 2 atom stereocenters. The van der Waals surface area contributed by atoms with E-state index in [1.165, 1.54) is 16.7 Å². The van der Waals surface area contributed by atoms with Crippen molar-refractivity contribution in [3.63, 3.8) is 0 Å². The Balaban J connectivity index is 1.18. The Bertz CT molecular complexity index is 1190. The van der Waals surface area contributed by atoms with Crippen LogP contribution in [0.4, 0.5) is 0 Å². The number of fused-ring (bicyclic) bond motifs is 1. The van der Waals surface area contributed by atoms with Gasteiger partial charge in [0.25, 0.3) is 0 Å². The fourth-order valence-electron chi connectivity index (χ4n) is 5.11. The van der Waals surface area contributed by atoms with Crippen LogP contribution in [0, 0.1) is 5.92 Å². The van der Waals surface area contributed by atoms with Crippen LogP contribution in [0.1, 0.15) is 67.2 Å². The number of carbonyl (C=O) groups is 1. The lowest BCUT2D eigenvalue weighted by Gasteiger charge is -2.28. The summed E-state index contributed by atoms with van der Waals surface area (Å²) in [6, 6.07) is 23.3. The summed E-state index contributed by atoms with van der Waals surface area (Å²) in [7, 11) is 0. The summed E-state index contributed by atoms with van der Waals surface area (Å²) >= 11 is 0. The van der Waals surface area contributed by atoms with E-state index in [2.05, 4.69) is 60.7 Å². The van der Waals surface area contributed by atoms with Crippen molar-refractivity contribution in [1.29, 1.82) is 0 Å². The Morgan fingerprint density at radius 3 is 2.50 bits per heavy atom. The number of hydrogen-bond acceptors (Lipinski definition) is 3. The second-order valence-electron chi connectivity index (χ2n) is 10.0. The van der Waals surface area contributed by atoms with Crippen molar-refractivity contribution in [3.8, 4) is 22.6 Å². The van der Waals surface area contributed by atoms with E-state index in [4.69, 9.17) is 9.47 Å².